The quantitative estimate of drug-likeness (QED) is 0.511. The summed E-state index contributed by atoms with van der Waals surface area (Å²) in [6.07, 6.45) is 0.369. The Labute approximate surface area is 180 Å². The van der Waals surface area contributed by atoms with Gasteiger partial charge >= 0.3 is 5.97 Å². The number of rotatable bonds is 7. The fourth-order valence-corrected chi connectivity index (χ4v) is 3.05. The molecule has 0 aliphatic carbocycles. The molecule has 4 N–H and O–H groups in total. The van der Waals surface area contributed by atoms with E-state index < -0.39 is 23.8 Å². The second kappa shape index (κ2) is 10.2. The van der Waals surface area contributed by atoms with Crippen molar-refractivity contribution in [2.75, 3.05) is 17.7 Å². The Hall–Kier alpha value is -3.97. The van der Waals surface area contributed by atoms with Crippen LogP contribution in [0.3, 0.4) is 0 Å². The molecule has 0 aromatic heterocycles. The van der Waals surface area contributed by atoms with E-state index in [2.05, 4.69) is 10.6 Å². The average molecular weight is 417 g/mol. The fraction of sp³-hybridized carbons (Fsp3) is 0.125. The maximum atomic E-state index is 12.9. The highest BCUT2D eigenvalue weighted by molar-refractivity contribution is 6.12. The molecule has 3 aromatic rings. The minimum Gasteiger partial charge on any atom is -0.465 e. The van der Waals surface area contributed by atoms with Crippen LogP contribution in [0, 0.1) is 0 Å². The summed E-state index contributed by atoms with van der Waals surface area (Å²) in [5.41, 5.74) is 8.09. The van der Waals surface area contributed by atoms with Crippen molar-refractivity contribution in [3.8, 4) is 0 Å². The molecule has 0 bridgehead atoms. The Morgan fingerprint density at radius 1 is 0.806 bits per heavy atom. The van der Waals surface area contributed by atoms with Crippen LogP contribution in [-0.4, -0.2) is 30.9 Å². The van der Waals surface area contributed by atoms with E-state index in [1.807, 2.05) is 30.3 Å². The molecule has 0 aliphatic heterocycles. The van der Waals surface area contributed by atoms with Crippen molar-refractivity contribution in [1.82, 2.24) is 0 Å². The van der Waals surface area contributed by atoms with Crippen LogP contribution in [0.2, 0.25) is 0 Å². The molecule has 158 valence electrons. The molecule has 3 aromatic carbocycles. The van der Waals surface area contributed by atoms with Gasteiger partial charge in [0, 0.05) is 0 Å². The van der Waals surface area contributed by atoms with E-state index in [-0.39, 0.29) is 11.1 Å². The van der Waals surface area contributed by atoms with Gasteiger partial charge in [-0.05, 0) is 36.2 Å². The van der Waals surface area contributed by atoms with Gasteiger partial charge < -0.3 is 21.1 Å². The third-order valence-corrected chi connectivity index (χ3v) is 4.65. The Morgan fingerprint density at radius 3 is 2.00 bits per heavy atom. The third-order valence-electron chi connectivity index (χ3n) is 4.65. The summed E-state index contributed by atoms with van der Waals surface area (Å²) in [6.45, 7) is 0. The van der Waals surface area contributed by atoms with Crippen LogP contribution in [0.1, 0.15) is 26.3 Å². The Bertz CT molecular complexity index is 1080. The van der Waals surface area contributed by atoms with Crippen molar-refractivity contribution in [3.63, 3.8) is 0 Å². The predicted octanol–water partition coefficient (Wildman–Crippen LogP) is 3.23. The van der Waals surface area contributed by atoms with Gasteiger partial charge in [0.2, 0.25) is 5.91 Å². The Balaban J connectivity index is 1.75. The van der Waals surface area contributed by atoms with Gasteiger partial charge in [-0.2, -0.15) is 0 Å². The minimum absolute atomic E-state index is 0.227. The highest BCUT2D eigenvalue weighted by Gasteiger charge is 2.19. The van der Waals surface area contributed by atoms with Gasteiger partial charge in [0.25, 0.3) is 5.91 Å². The largest absolute Gasteiger partial charge is 0.465 e. The monoisotopic (exact) mass is 417 g/mol. The van der Waals surface area contributed by atoms with Crippen LogP contribution >= 0.6 is 0 Å². The first kappa shape index (κ1) is 21.7. The van der Waals surface area contributed by atoms with Gasteiger partial charge in [0.1, 0.15) is 0 Å². The van der Waals surface area contributed by atoms with Gasteiger partial charge in [-0.1, -0.05) is 54.6 Å². The Kier molecular flexibility index (Phi) is 7.13. The molecule has 0 saturated heterocycles. The molecular formula is C24H23N3O4. The molecular weight excluding hydrogens is 394 g/mol. The fourth-order valence-electron chi connectivity index (χ4n) is 3.05. The van der Waals surface area contributed by atoms with Crippen molar-refractivity contribution in [2.24, 2.45) is 5.73 Å². The van der Waals surface area contributed by atoms with E-state index in [0.29, 0.717) is 17.8 Å². The van der Waals surface area contributed by atoms with Gasteiger partial charge in [-0.3, -0.25) is 9.59 Å². The summed E-state index contributed by atoms with van der Waals surface area (Å²) in [6, 6.07) is 21.8. The predicted molar refractivity (Wildman–Crippen MR) is 119 cm³/mol. The first-order valence-electron chi connectivity index (χ1n) is 9.67. The van der Waals surface area contributed by atoms with Crippen LogP contribution in [0.4, 0.5) is 11.4 Å². The van der Waals surface area contributed by atoms with Crippen LogP contribution in [0.25, 0.3) is 0 Å². The molecule has 7 nitrogen and oxygen atoms in total. The molecule has 0 spiro atoms. The van der Waals surface area contributed by atoms with Gasteiger partial charge in [-0.25, -0.2) is 4.79 Å². The summed E-state index contributed by atoms with van der Waals surface area (Å²) in [7, 11) is 1.27. The van der Waals surface area contributed by atoms with Gasteiger partial charge in [0.05, 0.1) is 35.7 Å². The molecule has 0 saturated carbocycles. The number of carbonyl (C=O) groups is 3. The lowest BCUT2D eigenvalue weighted by atomic mass is 10.1. The lowest BCUT2D eigenvalue weighted by molar-refractivity contribution is -0.117. The van der Waals surface area contributed by atoms with E-state index >= 15 is 0 Å². The third kappa shape index (κ3) is 5.55. The number of amides is 2. The molecule has 31 heavy (non-hydrogen) atoms. The number of carbonyl (C=O) groups excluding carboxylic acids is 3. The topological polar surface area (TPSA) is 111 Å². The van der Waals surface area contributed by atoms with Crippen molar-refractivity contribution in [3.05, 3.63) is 95.6 Å². The lowest BCUT2D eigenvalue weighted by Gasteiger charge is -2.15. The molecule has 0 aliphatic rings. The van der Waals surface area contributed by atoms with Crippen molar-refractivity contribution < 1.29 is 19.1 Å². The smallest absolute Gasteiger partial charge is 0.339 e. The summed E-state index contributed by atoms with van der Waals surface area (Å²) in [4.78, 5) is 37.4. The second-order valence-electron chi connectivity index (χ2n) is 6.82. The second-order valence-corrected chi connectivity index (χ2v) is 6.82. The number of methoxy groups -OCH3 is 1. The van der Waals surface area contributed by atoms with Gasteiger partial charge in [-0.15, -0.1) is 0 Å². The van der Waals surface area contributed by atoms with Crippen molar-refractivity contribution in [2.45, 2.75) is 12.5 Å². The molecule has 0 radical (unpaired) electrons. The number of hydrogen-bond acceptors (Lipinski definition) is 5. The maximum Gasteiger partial charge on any atom is 0.339 e. The molecule has 1 atom stereocenters. The van der Waals surface area contributed by atoms with E-state index in [9.17, 15) is 14.4 Å². The summed E-state index contributed by atoms with van der Waals surface area (Å²) >= 11 is 0. The van der Waals surface area contributed by atoms with Crippen LogP contribution < -0.4 is 16.4 Å². The minimum atomic E-state index is -0.779. The average Bonchev–Trinajstić information content (AvgIpc) is 2.79. The number of hydrogen-bond donors (Lipinski definition) is 3. The van der Waals surface area contributed by atoms with Crippen molar-refractivity contribution in [1.29, 1.82) is 0 Å². The standard InChI is InChI=1S/C24H23N3O4/c1-31-24(30)18-12-6-8-14-21(18)26-22(28)17-11-5-7-13-20(17)27-23(29)19(25)15-16-9-3-2-4-10-16/h2-14,19H,15,25H2,1H3,(H,26,28)(H,27,29). The van der Waals surface area contributed by atoms with E-state index in [1.54, 1.807) is 48.5 Å². The number of ether oxygens (including phenoxy) is 1. The number of nitrogens with one attached hydrogen (secondary N) is 2. The molecule has 0 heterocycles. The number of anilines is 2. The Morgan fingerprint density at radius 2 is 1.35 bits per heavy atom. The van der Waals surface area contributed by atoms with Crippen LogP contribution in [0.5, 0.6) is 0 Å². The first-order valence-corrected chi connectivity index (χ1v) is 9.67. The van der Waals surface area contributed by atoms with E-state index in [1.165, 1.54) is 7.11 Å². The number of nitrogens with two attached hydrogens (primary N) is 1. The first-order chi connectivity index (χ1) is 15.0. The zero-order valence-corrected chi connectivity index (χ0v) is 17.0. The van der Waals surface area contributed by atoms with E-state index in [4.69, 9.17) is 10.5 Å². The maximum absolute atomic E-state index is 12.9. The van der Waals surface area contributed by atoms with Crippen molar-refractivity contribution >= 4 is 29.2 Å². The summed E-state index contributed by atoms with van der Waals surface area (Å²) in [5, 5.41) is 5.43. The number of benzene rings is 3. The van der Waals surface area contributed by atoms with Crippen LogP contribution in [-0.2, 0) is 16.0 Å². The van der Waals surface area contributed by atoms with Crippen LogP contribution in [0.15, 0.2) is 78.9 Å². The molecule has 0 fully saturated rings. The van der Waals surface area contributed by atoms with Gasteiger partial charge in [0.15, 0.2) is 0 Å². The normalized spacial score (nSPS) is 11.3. The highest BCUT2D eigenvalue weighted by atomic mass is 16.5. The molecule has 3 rings (SSSR count). The molecule has 7 heteroatoms. The lowest BCUT2D eigenvalue weighted by Crippen LogP contribution is -2.37. The zero-order chi connectivity index (χ0) is 22.2. The molecule has 2 amide bonds. The zero-order valence-electron chi connectivity index (χ0n) is 17.0. The summed E-state index contributed by atoms with van der Waals surface area (Å²) < 4.78 is 4.75. The highest BCUT2D eigenvalue weighted by Crippen LogP contribution is 2.21. The summed E-state index contributed by atoms with van der Waals surface area (Å²) in [5.74, 6) is -1.45. The van der Waals surface area contributed by atoms with E-state index in [0.717, 1.165) is 5.56 Å². The SMILES string of the molecule is COC(=O)c1ccccc1NC(=O)c1ccccc1NC(=O)C(N)Cc1ccccc1. The molecule has 1 unspecified atom stereocenters. The number of esters is 1. The number of para-hydroxylation sites is 2.